The first kappa shape index (κ1) is 15.6. The first-order chi connectivity index (χ1) is 9.97. The van der Waals surface area contributed by atoms with Gasteiger partial charge in [0.25, 0.3) is 0 Å². The third-order valence-electron chi connectivity index (χ3n) is 4.56. The fourth-order valence-corrected chi connectivity index (χ4v) is 3.65. The molecule has 0 spiro atoms. The summed E-state index contributed by atoms with van der Waals surface area (Å²) in [6, 6.07) is 0. The van der Waals surface area contributed by atoms with Crippen molar-refractivity contribution in [2.24, 2.45) is 11.8 Å². The van der Waals surface area contributed by atoms with Crippen molar-refractivity contribution in [2.75, 3.05) is 7.11 Å². The molecule has 0 aromatic heterocycles. The number of carboxylic acids is 1. The molecule has 1 aliphatic heterocycles. The number of carbonyl (C=O) groups excluding carboxylic acids is 1. The summed E-state index contributed by atoms with van der Waals surface area (Å²) in [5.41, 5.74) is 2.13. The Morgan fingerprint density at radius 2 is 1.67 bits per heavy atom. The molecule has 2 rings (SSSR count). The van der Waals surface area contributed by atoms with Crippen molar-refractivity contribution in [3.8, 4) is 0 Å². The lowest BCUT2D eigenvalue weighted by molar-refractivity contribution is -0.137. The van der Waals surface area contributed by atoms with Gasteiger partial charge in [-0.2, -0.15) is 0 Å². The number of rotatable bonds is 3. The van der Waals surface area contributed by atoms with Gasteiger partial charge in [0.2, 0.25) is 0 Å². The fraction of sp³-hybridized carbons (Fsp3) is 0.625. The van der Waals surface area contributed by atoms with Crippen LogP contribution < -0.4 is 5.32 Å². The minimum Gasteiger partial charge on any atom is -0.478 e. The van der Waals surface area contributed by atoms with E-state index >= 15 is 0 Å². The van der Waals surface area contributed by atoms with Crippen LogP contribution in [0.1, 0.15) is 46.0 Å². The van der Waals surface area contributed by atoms with Crippen LogP contribution in [0.3, 0.4) is 0 Å². The maximum Gasteiger partial charge on any atom is 0.336 e. The Kier molecular flexibility index (Phi) is 4.70. The molecule has 0 radical (unpaired) electrons. The zero-order valence-corrected chi connectivity index (χ0v) is 12.9. The van der Waals surface area contributed by atoms with Crippen molar-refractivity contribution in [1.82, 2.24) is 5.32 Å². The zero-order chi connectivity index (χ0) is 15.6. The van der Waals surface area contributed by atoms with E-state index in [9.17, 15) is 14.7 Å². The second kappa shape index (κ2) is 6.33. The number of nitrogens with one attached hydrogen (secondary N) is 1. The summed E-state index contributed by atoms with van der Waals surface area (Å²) in [6.45, 7) is 3.57. The van der Waals surface area contributed by atoms with Gasteiger partial charge in [0.05, 0.1) is 18.3 Å². The van der Waals surface area contributed by atoms with Gasteiger partial charge in [-0.15, -0.1) is 0 Å². The molecule has 21 heavy (non-hydrogen) atoms. The SMILES string of the molecule is COC(=O)C1=C(C)NC(C)=C(C(=O)O)C1C1CCCCC1. The average molecular weight is 293 g/mol. The van der Waals surface area contributed by atoms with Crippen LogP contribution >= 0.6 is 0 Å². The fourth-order valence-electron chi connectivity index (χ4n) is 3.65. The monoisotopic (exact) mass is 293 g/mol. The van der Waals surface area contributed by atoms with Gasteiger partial charge in [0, 0.05) is 17.3 Å². The van der Waals surface area contributed by atoms with Crippen LogP contribution in [0.2, 0.25) is 0 Å². The molecular weight excluding hydrogens is 270 g/mol. The lowest BCUT2D eigenvalue weighted by Crippen LogP contribution is -2.37. The summed E-state index contributed by atoms with van der Waals surface area (Å²) in [4.78, 5) is 23.9. The summed E-state index contributed by atoms with van der Waals surface area (Å²) in [6.07, 6.45) is 5.29. The van der Waals surface area contributed by atoms with Crippen molar-refractivity contribution < 1.29 is 19.4 Å². The number of esters is 1. The highest BCUT2D eigenvalue weighted by molar-refractivity contribution is 5.97. The largest absolute Gasteiger partial charge is 0.478 e. The molecule has 2 N–H and O–H groups in total. The maximum absolute atomic E-state index is 12.2. The molecule has 5 nitrogen and oxygen atoms in total. The Bertz CT molecular complexity index is 512. The van der Waals surface area contributed by atoms with Crippen LogP contribution in [0.25, 0.3) is 0 Å². The van der Waals surface area contributed by atoms with E-state index in [0.717, 1.165) is 25.7 Å². The number of aliphatic carboxylic acids is 1. The van der Waals surface area contributed by atoms with Crippen molar-refractivity contribution in [3.63, 3.8) is 0 Å². The van der Waals surface area contributed by atoms with Gasteiger partial charge in [-0.05, 0) is 32.6 Å². The smallest absolute Gasteiger partial charge is 0.336 e. The van der Waals surface area contributed by atoms with Gasteiger partial charge >= 0.3 is 11.9 Å². The van der Waals surface area contributed by atoms with Crippen LogP contribution in [0.4, 0.5) is 0 Å². The number of hydrogen-bond acceptors (Lipinski definition) is 4. The van der Waals surface area contributed by atoms with E-state index in [1.54, 1.807) is 6.92 Å². The first-order valence-corrected chi connectivity index (χ1v) is 7.47. The summed E-state index contributed by atoms with van der Waals surface area (Å²) in [5.74, 6) is -1.55. The van der Waals surface area contributed by atoms with Crippen molar-refractivity contribution in [2.45, 2.75) is 46.0 Å². The Morgan fingerprint density at radius 3 is 2.19 bits per heavy atom. The minimum atomic E-state index is -0.954. The Morgan fingerprint density at radius 1 is 1.10 bits per heavy atom. The number of carboxylic acid groups (broad SMARTS) is 1. The van der Waals surface area contributed by atoms with Gasteiger partial charge in [-0.3, -0.25) is 0 Å². The van der Waals surface area contributed by atoms with Gasteiger partial charge in [-0.1, -0.05) is 19.3 Å². The Hall–Kier alpha value is -1.78. The lowest BCUT2D eigenvalue weighted by Gasteiger charge is -2.36. The standard InChI is InChI=1S/C16H23NO4/c1-9-12(15(18)19)14(11-7-5-4-6-8-11)13(10(2)17-9)16(20)21-3/h11,14,17H,4-8H2,1-3H3,(H,18,19). The molecular formula is C16H23NO4. The minimum absolute atomic E-state index is 0.200. The Balaban J connectivity index is 2.48. The summed E-state index contributed by atoms with van der Waals surface area (Å²) in [5, 5.41) is 12.6. The second-order valence-corrected chi connectivity index (χ2v) is 5.87. The molecule has 1 aliphatic carbocycles. The van der Waals surface area contributed by atoms with Gasteiger partial charge in [0.15, 0.2) is 0 Å². The molecule has 0 bridgehead atoms. The molecule has 1 heterocycles. The normalized spacial score (nSPS) is 23.9. The highest BCUT2D eigenvalue weighted by atomic mass is 16.5. The molecule has 0 aromatic rings. The van der Waals surface area contributed by atoms with Crippen LogP contribution in [0, 0.1) is 11.8 Å². The quantitative estimate of drug-likeness (QED) is 0.782. The number of hydrogen-bond donors (Lipinski definition) is 2. The molecule has 0 amide bonds. The molecule has 0 saturated heterocycles. The number of allylic oxidation sites excluding steroid dienone is 2. The highest BCUT2D eigenvalue weighted by Crippen LogP contribution is 2.42. The molecule has 0 aromatic carbocycles. The van der Waals surface area contributed by atoms with Crippen LogP contribution in [-0.2, 0) is 14.3 Å². The van der Waals surface area contributed by atoms with E-state index in [0.29, 0.717) is 22.5 Å². The number of ether oxygens (including phenoxy) is 1. The Labute approximate surface area is 125 Å². The van der Waals surface area contributed by atoms with Gasteiger partial charge < -0.3 is 15.2 Å². The highest BCUT2D eigenvalue weighted by Gasteiger charge is 2.40. The van der Waals surface area contributed by atoms with E-state index < -0.39 is 11.9 Å². The van der Waals surface area contributed by atoms with Gasteiger partial charge in [0.1, 0.15) is 0 Å². The van der Waals surface area contributed by atoms with Gasteiger partial charge in [-0.25, -0.2) is 9.59 Å². The molecule has 5 heteroatoms. The summed E-state index contributed by atoms with van der Waals surface area (Å²) >= 11 is 0. The predicted octanol–water partition coefficient (Wildman–Crippen LogP) is 2.59. The van der Waals surface area contributed by atoms with Crippen LogP contribution in [0.5, 0.6) is 0 Å². The van der Waals surface area contributed by atoms with E-state index in [1.807, 2.05) is 6.92 Å². The van der Waals surface area contributed by atoms with Crippen LogP contribution in [-0.4, -0.2) is 24.2 Å². The molecule has 1 atom stereocenters. The van der Waals surface area contributed by atoms with Crippen molar-refractivity contribution in [1.29, 1.82) is 0 Å². The number of dihydropyridines is 1. The zero-order valence-electron chi connectivity index (χ0n) is 12.9. The predicted molar refractivity (Wildman–Crippen MR) is 78.3 cm³/mol. The lowest BCUT2D eigenvalue weighted by atomic mass is 9.71. The number of carbonyl (C=O) groups is 2. The van der Waals surface area contributed by atoms with Crippen molar-refractivity contribution >= 4 is 11.9 Å². The van der Waals surface area contributed by atoms with E-state index in [-0.39, 0.29) is 11.8 Å². The molecule has 1 saturated carbocycles. The van der Waals surface area contributed by atoms with E-state index in [2.05, 4.69) is 5.32 Å². The third-order valence-corrected chi connectivity index (χ3v) is 4.56. The molecule has 1 fully saturated rings. The number of methoxy groups -OCH3 is 1. The van der Waals surface area contributed by atoms with E-state index in [4.69, 9.17) is 4.74 Å². The van der Waals surface area contributed by atoms with Crippen molar-refractivity contribution in [3.05, 3.63) is 22.5 Å². The van der Waals surface area contributed by atoms with Crippen LogP contribution in [0.15, 0.2) is 22.5 Å². The first-order valence-electron chi connectivity index (χ1n) is 7.47. The maximum atomic E-state index is 12.2. The topological polar surface area (TPSA) is 75.6 Å². The summed E-state index contributed by atoms with van der Waals surface area (Å²) < 4.78 is 4.89. The second-order valence-electron chi connectivity index (χ2n) is 5.87. The molecule has 1 unspecified atom stereocenters. The van der Waals surface area contributed by atoms with E-state index in [1.165, 1.54) is 13.5 Å². The summed E-state index contributed by atoms with van der Waals surface area (Å²) in [7, 11) is 1.34. The average Bonchev–Trinajstić information content (AvgIpc) is 2.46. The third kappa shape index (κ3) is 2.96. The molecule has 116 valence electrons. The molecule has 2 aliphatic rings.